The topological polar surface area (TPSA) is 66.9 Å². The van der Waals surface area contributed by atoms with Crippen LogP contribution in [0.1, 0.15) is 38.5 Å². The van der Waals surface area contributed by atoms with Crippen molar-refractivity contribution in [2.24, 2.45) is 0 Å². The van der Waals surface area contributed by atoms with Crippen molar-refractivity contribution in [2.75, 3.05) is 30.1 Å². The van der Waals surface area contributed by atoms with Crippen LogP contribution in [0, 0.1) is 0 Å². The van der Waals surface area contributed by atoms with Crippen LogP contribution in [-0.2, 0) is 14.6 Å². The molecule has 27 heavy (non-hydrogen) atoms. The number of benzene rings is 1. The zero-order valence-corrected chi connectivity index (χ0v) is 16.7. The van der Waals surface area contributed by atoms with E-state index in [1.807, 2.05) is 24.3 Å². The van der Waals surface area contributed by atoms with Crippen LogP contribution in [0.3, 0.4) is 0 Å². The minimum Gasteiger partial charge on any atom is -0.497 e. The average molecular weight is 393 g/mol. The first-order valence-electron chi connectivity index (χ1n) is 9.91. The van der Waals surface area contributed by atoms with Gasteiger partial charge in [0.05, 0.1) is 31.2 Å². The minimum atomic E-state index is -3.15. The van der Waals surface area contributed by atoms with Crippen molar-refractivity contribution in [3.05, 3.63) is 24.3 Å². The largest absolute Gasteiger partial charge is 0.497 e. The molecule has 0 unspecified atom stereocenters. The Hall–Kier alpha value is -1.60. The van der Waals surface area contributed by atoms with Crippen LogP contribution < -0.4 is 9.64 Å². The predicted molar refractivity (Wildman–Crippen MR) is 105 cm³/mol. The Morgan fingerprint density at radius 3 is 2.22 bits per heavy atom. The van der Waals surface area contributed by atoms with Crippen molar-refractivity contribution in [1.29, 1.82) is 0 Å². The maximum Gasteiger partial charge on any atom is 0.241 e. The van der Waals surface area contributed by atoms with Gasteiger partial charge in [0.25, 0.3) is 0 Å². The van der Waals surface area contributed by atoms with Gasteiger partial charge in [0, 0.05) is 17.8 Å². The van der Waals surface area contributed by atoms with Crippen LogP contribution in [0.2, 0.25) is 0 Å². The SMILES string of the molecule is COc1ccc(N2C(=O)CN(C3CCCCCC3)[C@@H]3CS(=O)(=O)C[C@@H]32)cc1. The Bertz CT molecular complexity index is 785. The Morgan fingerprint density at radius 2 is 1.59 bits per heavy atom. The first-order chi connectivity index (χ1) is 13.0. The molecule has 4 rings (SSSR count). The van der Waals surface area contributed by atoms with Gasteiger partial charge in [-0.2, -0.15) is 0 Å². The number of hydrogen-bond donors (Lipinski definition) is 0. The maximum atomic E-state index is 13.1. The highest BCUT2D eigenvalue weighted by Crippen LogP contribution is 2.35. The minimum absolute atomic E-state index is 0.00256. The quantitative estimate of drug-likeness (QED) is 0.738. The molecule has 3 aliphatic rings. The number of carbonyl (C=O) groups excluding carboxylic acids is 1. The number of fused-ring (bicyclic) bond motifs is 1. The molecule has 0 radical (unpaired) electrons. The van der Waals surface area contributed by atoms with Crippen molar-refractivity contribution >= 4 is 21.4 Å². The Labute approximate surface area is 161 Å². The molecule has 2 heterocycles. The van der Waals surface area contributed by atoms with Gasteiger partial charge in [-0.25, -0.2) is 8.42 Å². The summed E-state index contributed by atoms with van der Waals surface area (Å²) < 4.78 is 30.2. The molecule has 3 fully saturated rings. The van der Waals surface area contributed by atoms with Crippen molar-refractivity contribution < 1.29 is 17.9 Å². The fourth-order valence-corrected chi connectivity index (χ4v) is 6.94. The molecule has 0 bridgehead atoms. The molecular weight excluding hydrogens is 364 g/mol. The normalized spacial score (nSPS) is 29.4. The molecular formula is C20H28N2O4S. The standard InChI is InChI=1S/C20H28N2O4S/c1-26-17-10-8-16(9-11-17)22-19-14-27(24,25)13-18(19)21(12-20(22)23)15-6-4-2-3-5-7-15/h8-11,15,18-19H,2-7,12-14H2,1H3/t18-,19+/m1/s1. The second kappa shape index (κ2) is 7.43. The van der Waals surface area contributed by atoms with Gasteiger partial charge in [0.1, 0.15) is 5.75 Å². The van der Waals surface area contributed by atoms with E-state index in [2.05, 4.69) is 4.90 Å². The monoisotopic (exact) mass is 392 g/mol. The lowest BCUT2D eigenvalue weighted by atomic mass is 9.97. The molecule has 1 aliphatic carbocycles. The van der Waals surface area contributed by atoms with Gasteiger partial charge in [0.15, 0.2) is 9.84 Å². The summed E-state index contributed by atoms with van der Waals surface area (Å²) in [5.41, 5.74) is 0.758. The molecule has 2 aliphatic heterocycles. The first kappa shape index (κ1) is 18.7. The van der Waals surface area contributed by atoms with Crippen molar-refractivity contribution in [2.45, 2.75) is 56.7 Å². The molecule has 2 saturated heterocycles. The van der Waals surface area contributed by atoms with Gasteiger partial charge in [-0.05, 0) is 37.1 Å². The summed E-state index contributed by atoms with van der Waals surface area (Å²) in [5.74, 6) is 0.939. The van der Waals surface area contributed by atoms with Crippen molar-refractivity contribution in [1.82, 2.24) is 4.90 Å². The van der Waals surface area contributed by atoms with Crippen molar-refractivity contribution in [3.63, 3.8) is 0 Å². The van der Waals surface area contributed by atoms with Crippen LogP contribution in [0.5, 0.6) is 5.75 Å². The molecule has 7 heteroatoms. The molecule has 148 valence electrons. The number of nitrogens with zero attached hydrogens (tertiary/aromatic N) is 2. The molecule has 0 N–H and O–H groups in total. The molecule has 1 aromatic rings. The molecule has 1 aromatic carbocycles. The van der Waals surface area contributed by atoms with Gasteiger partial charge >= 0.3 is 0 Å². The maximum absolute atomic E-state index is 13.1. The molecule has 6 nitrogen and oxygen atoms in total. The highest BCUT2D eigenvalue weighted by atomic mass is 32.2. The fraction of sp³-hybridized carbons (Fsp3) is 0.650. The molecule has 1 amide bonds. The van der Waals surface area contributed by atoms with E-state index in [9.17, 15) is 13.2 Å². The van der Waals surface area contributed by atoms with Crippen LogP contribution in [0.4, 0.5) is 5.69 Å². The van der Waals surface area contributed by atoms with Gasteiger partial charge in [-0.3, -0.25) is 9.69 Å². The summed E-state index contributed by atoms with van der Waals surface area (Å²) in [7, 11) is -1.54. The first-order valence-corrected chi connectivity index (χ1v) is 11.7. The highest BCUT2D eigenvalue weighted by molar-refractivity contribution is 7.91. The fourth-order valence-electron chi connectivity index (χ4n) is 4.98. The van der Waals surface area contributed by atoms with Gasteiger partial charge in [-0.15, -0.1) is 0 Å². The summed E-state index contributed by atoms with van der Waals surface area (Å²) in [4.78, 5) is 17.0. The number of sulfone groups is 1. The number of anilines is 1. The Kier molecular flexibility index (Phi) is 5.16. The zero-order valence-electron chi connectivity index (χ0n) is 15.8. The average Bonchev–Trinajstić information content (AvgIpc) is 2.82. The number of amides is 1. The molecule has 0 aromatic heterocycles. The summed E-state index contributed by atoms with van der Waals surface area (Å²) in [6.07, 6.45) is 6.95. The number of carbonyl (C=O) groups is 1. The van der Waals surface area contributed by atoms with Gasteiger partial charge in [-0.1, -0.05) is 25.7 Å². The van der Waals surface area contributed by atoms with E-state index in [1.54, 1.807) is 12.0 Å². The van der Waals surface area contributed by atoms with E-state index >= 15 is 0 Å². The number of methoxy groups -OCH3 is 1. The van der Waals surface area contributed by atoms with E-state index in [4.69, 9.17) is 4.74 Å². The van der Waals surface area contributed by atoms with E-state index in [-0.39, 0.29) is 29.5 Å². The van der Waals surface area contributed by atoms with Crippen LogP contribution in [0.15, 0.2) is 24.3 Å². The Morgan fingerprint density at radius 1 is 0.963 bits per heavy atom. The summed E-state index contributed by atoms with van der Waals surface area (Å²) in [6, 6.07) is 7.26. The number of rotatable bonds is 3. The summed E-state index contributed by atoms with van der Waals surface area (Å²) in [6.45, 7) is 0.313. The summed E-state index contributed by atoms with van der Waals surface area (Å²) in [5, 5.41) is 0. The van der Waals surface area contributed by atoms with Crippen LogP contribution >= 0.6 is 0 Å². The third-order valence-corrected chi connectivity index (χ3v) is 7.98. The third kappa shape index (κ3) is 3.72. The molecule has 0 spiro atoms. The second-order valence-corrected chi connectivity index (χ2v) is 10.1. The predicted octanol–water partition coefficient (Wildman–Crippen LogP) is 2.23. The number of piperazine rings is 1. The Balaban J connectivity index is 1.65. The van der Waals surface area contributed by atoms with Gasteiger partial charge < -0.3 is 9.64 Å². The van der Waals surface area contributed by atoms with Gasteiger partial charge in [0.2, 0.25) is 5.91 Å². The summed E-state index contributed by atoms with van der Waals surface area (Å²) >= 11 is 0. The second-order valence-electron chi connectivity index (χ2n) is 7.99. The van der Waals surface area contributed by atoms with E-state index in [0.29, 0.717) is 12.6 Å². The lowest BCUT2D eigenvalue weighted by molar-refractivity contribution is -0.124. The highest BCUT2D eigenvalue weighted by Gasteiger charge is 2.51. The third-order valence-electron chi connectivity index (χ3n) is 6.28. The molecule has 2 atom stereocenters. The van der Waals surface area contributed by atoms with E-state index in [0.717, 1.165) is 24.3 Å². The van der Waals surface area contributed by atoms with Crippen LogP contribution in [-0.4, -0.2) is 62.5 Å². The smallest absolute Gasteiger partial charge is 0.241 e. The lowest BCUT2D eigenvalue weighted by Crippen LogP contribution is -2.64. The van der Waals surface area contributed by atoms with E-state index in [1.165, 1.54) is 25.7 Å². The lowest BCUT2D eigenvalue weighted by Gasteiger charge is -2.46. The number of hydrogen-bond acceptors (Lipinski definition) is 5. The molecule has 1 saturated carbocycles. The number of ether oxygens (including phenoxy) is 1. The zero-order chi connectivity index (χ0) is 19.0. The van der Waals surface area contributed by atoms with Crippen LogP contribution in [0.25, 0.3) is 0 Å². The van der Waals surface area contributed by atoms with Crippen molar-refractivity contribution in [3.8, 4) is 5.75 Å². The van der Waals surface area contributed by atoms with E-state index < -0.39 is 9.84 Å².